The van der Waals surface area contributed by atoms with E-state index in [1.54, 1.807) is 6.08 Å². The van der Waals surface area contributed by atoms with Gasteiger partial charge in [-0.1, -0.05) is 160 Å². The molecule has 5 N–H and O–H groups in total. The summed E-state index contributed by atoms with van der Waals surface area (Å²) in [4.78, 5) is 8.99. The summed E-state index contributed by atoms with van der Waals surface area (Å²) in [5.74, 6) is 0.802. The summed E-state index contributed by atoms with van der Waals surface area (Å²) in [5, 5.41) is 5.50. The van der Waals surface area contributed by atoms with E-state index in [1.165, 1.54) is 34.0 Å². The number of aryl methyl sites for hydroxylation is 2. The van der Waals surface area contributed by atoms with Gasteiger partial charge in [0.05, 0.1) is 5.69 Å². The molecule has 6 rings (SSSR count). The maximum atomic E-state index is 6.31. The Bertz CT molecular complexity index is 1860. The Morgan fingerprint density at radius 3 is 1.67 bits per heavy atom. The highest BCUT2D eigenvalue weighted by atomic mass is 14.9. The third-order valence-corrected chi connectivity index (χ3v) is 7.77. The van der Waals surface area contributed by atoms with Gasteiger partial charge in [-0.3, -0.25) is 4.99 Å². The quantitative estimate of drug-likeness (QED) is 0.0908. The molecule has 1 aliphatic heterocycles. The molecule has 1 heterocycles. The third kappa shape index (κ3) is 13.1. The topological polar surface area (TPSA) is 101 Å². The summed E-state index contributed by atoms with van der Waals surface area (Å²) in [6.45, 7) is 14.9. The molecule has 0 aliphatic carbocycles. The zero-order valence-electron chi connectivity index (χ0n) is 30.9. The van der Waals surface area contributed by atoms with Crippen LogP contribution in [0.4, 0.5) is 5.69 Å². The number of nitrogens with zero attached hydrogens (tertiary/aromatic N) is 2. The van der Waals surface area contributed by atoms with Crippen molar-refractivity contribution in [1.82, 2.24) is 0 Å². The molecule has 0 radical (unpaired) electrons. The fraction of sp³-hybridized carbons (Fsp3) is 0.152. The van der Waals surface area contributed by atoms with Crippen LogP contribution in [0.1, 0.15) is 61.4 Å². The minimum atomic E-state index is 0.364. The maximum absolute atomic E-state index is 6.31. The number of benzene rings is 5. The second kappa shape index (κ2) is 23.3. The number of amidine groups is 1. The Morgan fingerprint density at radius 1 is 0.706 bits per heavy atom. The molecule has 1 unspecified atom stereocenters. The molecule has 0 bridgehead atoms. The van der Waals surface area contributed by atoms with Crippen molar-refractivity contribution in [1.29, 1.82) is 5.41 Å². The largest absolute Gasteiger partial charge is 0.405 e. The van der Waals surface area contributed by atoms with Crippen molar-refractivity contribution >= 4 is 29.5 Å². The molecule has 5 nitrogen and oxygen atoms in total. The van der Waals surface area contributed by atoms with Crippen molar-refractivity contribution in [2.75, 3.05) is 0 Å². The molecular weight excluding hydrogens is 623 g/mol. The van der Waals surface area contributed by atoms with Gasteiger partial charge in [-0.15, -0.1) is 0 Å². The van der Waals surface area contributed by atoms with Crippen molar-refractivity contribution in [3.05, 3.63) is 192 Å². The Labute approximate surface area is 306 Å². The molecule has 1 aliphatic rings. The molecule has 262 valence electrons. The SMILES string of the molecule is C/C=C\C=C/N.C=N.CC.Cc1ccccc1.Cc1ccccc1C1=CN=C1C(N)=Nc1ccc(-c2ccc(C(C)c3ccccc3)cc2)cc1. The van der Waals surface area contributed by atoms with Crippen LogP contribution in [0, 0.1) is 19.3 Å². The lowest BCUT2D eigenvalue weighted by Crippen LogP contribution is -2.28. The van der Waals surface area contributed by atoms with Gasteiger partial charge in [0.25, 0.3) is 0 Å². The molecule has 5 heteroatoms. The van der Waals surface area contributed by atoms with Gasteiger partial charge in [0.1, 0.15) is 5.71 Å². The highest BCUT2D eigenvalue weighted by Gasteiger charge is 2.20. The highest BCUT2D eigenvalue weighted by Crippen LogP contribution is 2.29. The van der Waals surface area contributed by atoms with E-state index in [2.05, 4.69) is 128 Å². The molecule has 0 aromatic heterocycles. The molecule has 1 atom stereocenters. The van der Waals surface area contributed by atoms with Crippen LogP contribution in [0.15, 0.2) is 174 Å². The first-order valence-corrected chi connectivity index (χ1v) is 17.2. The van der Waals surface area contributed by atoms with Crippen LogP contribution < -0.4 is 11.5 Å². The Hall–Kier alpha value is -6.07. The minimum absolute atomic E-state index is 0.364. The van der Waals surface area contributed by atoms with E-state index >= 15 is 0 Å². The van der Waals surface area contributed by atoms with Crippen molar-refractivity contribution in [2.45, 2.75) is 47.5 Å². The van der Waals surface area contributed by atoms with E-state index in [0.717, 1.165) is 28.1 Å². The number of nitrogens with one attached hydrogen (secondary N) is 1. The Kier molecular flexibility index (Phi) is 18.8. The standard InChI is InChI=1S/C31H27N3.C7H8.C5H9N.C2H6.CH3N/c1-21-8-6-7-11-28(21)29-20-33-30(29)31(32)34-27-18-16-26(17-19-27)25-14-12-24(13-15-25)22(2)23-9-4-3-5-10-23;1-7-5-3-2-4-6-7;1-2-3-4-5-6;2*1-2/h3-20,22H,1-2H3,(H2,32,34);2-6H,1H3;2-5H,6H2,1H3;1-2H3;2H,1H2/b;;3-2-,5-4-;;. The van der Waals surface area contributed by atoms with Gasteiger partial charge in [0.15, 0.2) is 5.84 Å². The van der Waals surface area contributed by atoms with Crippen LogP contribution in [-0.4, -0.2) is 18.3 Å². The van der Waals surface area contributed by atoms with Crippen LogP contribution in [-0.2, 0) is 0 Å². The average molecular weight is 676 g/mol. The molecule has 0 spiro atoms. The first kappa shape index (κ1) is 41.1. The lowest BCUT2D eigenvalue weighted by Gasteiger charge is -2.18. The molecule has 51 heavy (non-hydrogen) atoms. The summed E-state index contributed by atoms with van der Waals surface area (Å²) in [5.41, 5.74) is 22.5. The summed E-state index contributed by atoms with van der Waals surface area (Å²) in [6, 6.07) is 46.1. The van der Waals surface area contributed by atoms with E-state index in [0.29, 0.717) is 11.8 Å². The minimum Gasteiger partial charge on any atom is -0.405 e. The van der Waals surface area contributed by atoms with Gasteiger partial charge in [-0.25, -0.2) is 4.99 Å². The average Bonchev–Trinajstić information content (AvgIpc) is 3.17. The van der Waals surface area contributed by atoms with E-state index in [9.17, 15) is 0 Å². The van der Waals surface area contributed by atoms with Gasteiger partial charge in [0.2, 0.25) is 0 Å². The predicted octanol–water partition coefficient (Wildman–Crippen LogP) is 11.6. The van der Waals surface area contributed by atoms with Gasteiger partial charge < -0.3 is 16.9 Å². The maximum Gasteiger partial charge on any atom is 0.150 e. The van der Waals surface area contributed by atoms with Gasteiger partial charge in [-0.05, 0) is 85.3 Å². The van der Waals surface area contributed by atoms with Crippen LogP contribution in [0.2, 0.25) is 0 Å². The van der Waals surface area contributed by atoms with Crippen molar-refractivity contribution < 1.29 is 0 Å². The van der Waals surface area contributed by atoms with Gasteiger partial charge in [0, 0.05) is 17.7 Å². The predicted molar refractivity (Wildman–Crippen MR) is 224 cm³/mol. The Balaban J connectivity index is 0.000000441. The van der Waals surface area contributed by atoms with Crippen LogP contribution in [0.5, 0.6) is 0 Å². The van der Waals surface area contributed by atoms with E-state index in [-0.39, 0.29) is 0 Å². The van der Waals surface area contributed by atoms with Crippen LogP contribution in [0.25, 0.3) is 16.7 Å². The first-order valence-electron chi connectivity index (χ1n) is 17.2. The monoisotopic (exact) mass is 675 g/mol. The molecule has 0 saturated heterocycles. The molecule has 0 saturated carbocycles. The fourth-order valence-electron chi connectivity index (χ4n) is 5.00. The normalized spacial score (nSPS) is 12.2. The van der Waals surface area contributed by atoms with Crippen molar-refractivity contribution in [3.8, 4) is 11.1 Å². The third-order valence-electron chi connectivity index (χ3n) is 7.77. The second-order valence-electron chi connectivity index (χ2n) is 11.2. The lowest BCUT2D eigenvalue weighted by atomic mass is 9.92. The van der Waals surface area contributed by atoms with Crippen molar-refractivity contribution in [3.63, 3.8) is 0 Å². The number of nitrogens with two attached hydrogens (primary N) is 2. The molecule has 5 aromatic rings. The van der Waals surface area contributed by atoms with E-state index < -0.39 is 0 Å². The molecule has 0 amide bonds. The number of hydrogen-bond acceptors (Lipinski definition) is 4. The summed E-state index contributed by atoms with van der Waals surface area (Å²) < 4.78 is 0. The number of allylic oxidation sites excluding steroid dienone is 3. The smallest absolute Gasteiger partial charge is 0.150 e. The second-order valence-corrected chi connectivity index (χ2v) is 11.2. The van der Waals surface area contributed by atoms with Crippen LogP contribution in [0.3, 0.4) is 0 Å². The Morgan fingerprint density at radius 2 is 1.22 bits per heavy atom. The van der Waals surface area contributed by atoms with Gasteiger partial charge in [-0.2, -0.15) is 0 Å². The summed E-state index contributed by atoms with van der Waals surface area (Å²) in [6.07, 6.45) is 8.93. The van der Waals surface area contributed by atoms with E-state index in [1.807, 2.05) is 81.6 Å². The number of hydrogen-bond donors (Lipinski definition) is 3. The lowest BCUT2D eigenvalue weighted by molar-refractivity contribution is 0.923. The van der Waals surface area contributed by atoms with Crippen molar-refractivity contribution in [2.24, 2.45) is 21.5 Å². The summed E-state index contributed by atoms with van der Waals surface area (Å²) in [7, 11) is 0. The van der Waals surface area contributed by atoms with Crippen LogP contribution >= 0.6 is 0 Å². The fourth-order valence-corrected chi connectivity index (χ4v) is 5.00. The molecular formula is C46H53N5. The zero-order valence-corrected chi connectivity index (χ0v) is 30.9. The van der Waals surface area contributed by atoms with Gasteiger partial charge >= 0.3 is 0 Å². The number of rotatable bonds is 7. The summed E-state index contributed by atoms with van der Waals surface area (Å²) >= 11 is 0. The highest BCUT2D eigenvalue weighted by molar-refractivity contribution is 6.59. The van der Waals surface area contributed by atoms with E-state index in [4.69, 9.17) is 16.9 Å². The molecule has 0 fully saturated rings. The molecule has 5 aromatic carbocycles. The first-order chi connectivity index (χ1) is 24.9. The number of aliphatic imine (C=N–C) groups is 2. The zero-order chi connectivity index (χ0) is 37.4.